The first kappa shape index (κ1) is 18.8. The predicted molar refractivity (Wildman–Crippen MR) is 113 cm³/mol. The smallest absolute Gasteiger partial charge is 0.131 e. The molecule has 0 bridgehead atoms. The van der Waals surface area contributed by atoms with Gasteiger partial charge in [-0.25, -0.2) is 0 Å². The van der Waals surface area contributed by atoms with Crippen molar-refractivity contribution in [3.8, 4) is 28.0 Å². The van der Waals surface area contributed by atoms with Gasteiger partial charge in [0.1, 0.15) is 5.75 Å². The summed E-state index contributed by atoms with van der Waals surface area (Å²) >= 11 is 6.42. The normalized spacial score (nSPS) is 11.0. The number of aromatic hydroxyl groups is 1. The number of pyridine rings is 1. The zero-order valence-electron chi connectivity index (χ0n) is 15.5. The molecule has 0 unspecified atom stereocenters. The Kier molecular flexibility index (Phi) is 5.67. The summed E-state index contributed by atoms with van der Waals surface area (Å²) in [5.74, 6) is 0.234. The van der Waals surface area contributed by atoms with Gasteiger partial charge in [0.15, 0.2) is 0 Å². The third-order valence-electron chi connectivity index (χ3n) is 4.23. The van der Waals surface area contributed by atoms with E-state index in [1.807, 2.05) is 63.4 Å². The standard InChI is InChI=1S/C22H22ClN3O/c1-14-10-18(16-4-5-21(20(23)13-16)26-9-8-24-3)22(27)19(11-14)17-6-7-25-15(2)12-17/h4-13,24,26-27H,1-3H3/b9-8-. The summed E-state index contributed by atoms with van der Waals surface area (Å²) < 4.78 is 0. The second-order valence-electron chi connectivity index (χ2n) is 6.36. The van der Waals surface area contributed by atoms with E-state index in [1.54, 1.807) is 18.6 Å². The molecule has 0 spiro atoms. The Morgan fingerprint density at radius 3 is 2.30 bits per heavy atom. The molecule has 0 saturated carbocycles. The van der Waals surface area contributed by atoms with E-state index in [2.05, 4.69) is 15.6 Å². The maximum Gasteiger partial charge on any atom is 0.131 e. The van der Waals surface area contributed by atoms with Gasteiger partial charge in [0.25, 0.3) is 0 Å². The van der Waals surface area contributed by atoms with Crippen LogP contribution < -0.4 is 10.6 Å². The van der Waals surface area contributed by atoms with Gasteiger partial charge in [-0.1, -0.05) is 17.7 Å². The van der Waals surface area contributed by atoms with Crippen LogP contribution in [0.15, 0.2) is 61.1 Å². The summed E-state index contributed by atoms with van der Waals surface area (Å²) in [4.78, 5) is 4.23. The van der Waals surface area contributed by atoms with Crippen LogP contribution in [0.25, 0.3) is 22.3 Å². The molecule has 27 heavy (non-hydrogen) atoms. The summed E-state index contributed by atoms with van der Waals surface area (Å²) in [7, 11) is 1.82. The number of hydrogen-bond donors (Lipinski definition) is 3. The van der Waals surface area contributed by atoms with Gasteiger partial charge in [-0.2, -0.15) is 0 Å². The number of hydrogen-bond acceptors (Lipinski definition) is 4. The Bertz CT molecular complexity index is 999. The lowest BCUT2D eigenvalue weighted by molar-refractivity contribution is 0.479. The van der Waals surface area contributed by atoms with Gasteiger partial charge in [0, 0.05) is 42.5 Å². The Morgan fingerprint density at radius 1 is 0.963 bits per heavy atom. The average Bonchev–Trinajstić information content (AvgIpc) is 2.65. The highest BCUT2D eigenvalue weighted by atomic mass is 35.5. The first-order valence-electron chi connectivity index (χ1n) is 8.65. The lowest BCUT2D eigenvalue weighted by atomic mass is 9.95. The van der Waals surface area contributed by atoms with Crippen molar-refractivity contribution in [3.05, 3.63) is 77.3 Å². The molecule has 0 atom stereocenters. The van der Waals surface area contributed by atoms with E-state index in [4.69, 9.17) is 11.6 Å². The molecule has 2 aromatic carbocycles. The lowest BCUT2D eigenvalue weighted by Crippen LogP contribution is -1.96. The minimum absolute atomic E-state index is 0.234. The van der Waals surface area contributed by atoms with Crippen LogP contribution in [0.1, 0.15) is 11.3 Å². The quantitative estimate of drug-likeness (QED) is 0.548. The van der Waals surface area contributed by atoms with Gasteiger partial charge < -0.3 is 15.7 Å². The number of nitrogens with zero attached hydrogens (tertiary/aromatic N) is 1. The molecule has 1 heterocycles. The number of benzene rings is 2. The van der Waals surface area contributed by atoms with Crippen LogP contribution in [0.3, 0.4) is 0 Å². The fourth-order valence-electron chi connectivity index (χ4n) is 2.95. The van der Waals surface area contributed by atoms with Crippen molar-refractivity contribution < 1.29 is 5.11 Å². The first-order chi connectivity index (χ1) is 13.0. The summed E-state index contributed by atoms with van der Waals surface area (Å²) in [6.07, 6.45) is 5.30. The second kappa shape index (κ2) is 8.14. The van der Waals surface area contributed by atoms with Crippen molar-refractivity contribution in [2.45, 2.75) is 13.8 Å². The van der Waals surface area contributed by atoms with Crippen molar-refractivity contribution >= 4 is 17.3 Å². The van der Waals surface area contributed by atoms with Crippen molar-refractivity contribution in [3.63, 3.8) is 0 Å². The van der Waals surface area contributed by atoms with Crippen molar-refractivity contribution in [1.29, 1.82) is 0 Å². The molecule has 0 aliphatic carbocycles. The van der Waals surface area contributed by atoms with E-state index in [-0.39, 0.29) is 5.75 Å². The van der Waals surface area contributed by atoms with Crippen LogP contribution in [0.2, 0.25) is 5.02 Å². The van der Waals surface area contributed by atoms with E-state index in [1.165, 1.54) is 0 Å². The van der Waals surface area contributed by atoms with Crippen LogP contribution >= 0.6 is 11.6 Å². The zero-order valence-corrected chi connectivity index (χ0v) is 16.3. The fraction of sp³-hybridized carbons (Fsp3) is 0.136. The van der Waals surface area contributed by atoms with E-state index in [0.717, 1.165) is 39.2 Å². The maximum absolute atomic E-state index is 10.9. The van der Waals surface area contributed by atoms with E-state index >= 15 is 0 Å². The Morgan fingerprint density at radius 2 is 1.67 bits per heavy atom. The Hall–Kier alpha value is -2.98. The molecule has 3 N–H and O–H groups in total. The molecule has 138 valence electrons. The molecule has 0 saturated heterocycles. The summed E-state index contributed by atoms with van der Waals surface area (Å²) in [6.45, 7) is 3.95. The molecule has 3 aromatic rings. The second-order valence-corrected chi connectivity index (χ2v) is 6.76. The summed E-state index contributed by atoms with van der Waals surface area (Å²) in [5.41, 5.74) is 6.09. The number of rotatable bonds is 5. The van der Waals surface area contributed by atoms with Crippen LogP contribution in [-0.2, 0) is 0 Å². The largest absolute Gasteiger partial charge is 0.507 e. The number of anilines is 1. The van der Waals surface area contributed by atoms with E-state index in [0.29, 0.717) is 5.02 Å². The minimum atomic E-state index is 0.234. The van der Waals surface area contributed by atoms with Gasteiger partial charge in [0.05, 0.1) is 10.7 Å². The van der Waals surface area contributed by atoms with Gasteiger partial charge in [0.2, 0.25) is 0 Å². The van der Waals surface area contributed by atoms with Gasteiger partial charge in [-0.15, -0.1) is 0 Å². The maximum atomic E-state index is 10.9. The Labute approximate surface area is 164 Å². The van der Waals surface area contributed by atoms with Crippen molar-refractivity contribution in [2.24, 2.45) is 0 Å². The number of aryl methyl sites for hydroxylation is 2. The highest BCUT2D eigenvalue weighted by molar-refractivity contribution is 6.33. The van der Waals surface area contributed by atoms with Gasteiger partial charge in [-0.05, 0) is 66.9 Å². The summed E-state index contributed by atoms with van der Waals surface area (Å²) in [5, 5.41) is 17.6. The molecule has 0 fully saturated rings. The third kappa shape index (κ3) is 4.23. The predicted octanol–water partition coefficient (Wildman–Crippen LogP) is 5.49. The van der Waals surface area contributed by atoms with Crippen LogP contribution in [0.5, 0.6) is 5.75 Å². The molecular weight excluding hydrogens is 358 g/mol. The SMILES string of the molecule is CN/C=C\Nc1ccc(-c2cc(C)cc(-c3ccnc(C)c3)c2O)cc1Cl. The first-order valence-corrected chi connectivity index (χ1v) is 9.03. The average molecular weight is 380 g/mol. The third-order valence-corrected chi connectivity index (χ3v) is 4.54. The Balaban J connectivity index is 2.05. The van der Waals surface area contributed by atoms with Crippen LogP contribution in [0.4, 0.5) is 5.69 Å². The van der Waals surface area contributed by atoms with Crippen molar-refractivity contribution in [2.75, 3.05) is 12.4 Å². The molecule has 0 radical (unpaired) electrons. The molecule has 4 nitrogen and oxygen atoms in total. The van der Waals surface area contributed by atoms with E-state index in [9.17, 15) is 5.11 Å². The number of phenols is 1. The van der Waals surface area contributed by atoms with Crippen LogP contribution in [-0.4, -0.2) is 17.1 Å². The molecule has 0 aliphatic rings. The number of halogens is 1. The number of nitrogens with one attached hydrogen (secondary N) is 2. The van der Waals surface area contributed by atoms with Gasteiger partial charge in [-0.3, -0.25) is 4.98 Å². The van der Waals surface area contributed by atoms with E-state index < -0.39 is 0 Å². The highest BCUT2D eigenvalue weighted by Crippen LogP contribution is 2.40. The monoisotopic (exact) mass is 379 g/mol. The minimum Gasteiger partial charge on any atom is -0.507 e. The number of phenolic OH excluding ortho intramolecular Hbond substituents is 1. The topological polar surface area (TPSA) is 57.2 Å². The number of aromatic nitrogens is 1. The summed E-state index contributed by atoms with van der Waals surface area (Å²) in [6, 6.07) is 13.5. The lowest BCUT2D eigenvalue weighted by Gasteiger charge is -2.14. The zero-order chi connectivity index (χ0) is 19.4. The fourth-order valence-corrected chi connectivity index (χ4v) is 3.18. The molecule has 5 heteroatoms. The highest BCUT2D eigenvalue weighted by Gasteiger charge is 2.14. The molecule has 0 amide bonds. The molecular formula is C22H22ClN3O. The van der Waals surface area contributed by atoms with Gasteiger partial charge >= 0.3 is 0 Å². The van der Waals surface area contributed by atoms with Crippen LogP contribution in [0, 0.1) is 13.8 Å². The molecule has 0 aliphatic heterocycles. The van der Waals surface area contributed by atoms with Crippen molar-refractivity contribution in [1.82, 2.24) is 10.3 Å². The molecule has 1 aromatic heterocycles. The molecule has 3 rings (SSSR count).